The molecule has 0 saturated carbocycles. The van der Waals surface area contributed by atoms with Crippen LogP contribution in [-0.4, -0.2) is 56.7 Å². The second kappa shape index (κ2) is 8.77. The molecule has 2 aromatic carbocycles. The lowest BCUT2D eigenvalue weighted by atomic mass is 10.1. The van der Waals surface area contributed by atoms with Crippen LogP contribution in [0.5, 0.6) is 5.75 Å². The van der Waals surface area contributed by atoms with E-state index in [0.717, 1.165) is 5.69 Å². The molecule has 1 aliphatic heterocycles. The predicted octanol–water partition coefficient (Wildman–Crippen LogP) is 2.85. The summed E-state index contributed by atoms with van der Waals surface area (Å²) in [5.74, 6) is 0.212. The van der Waals surface area contributed by atoms with Crippen LogP contribution in [-0.2, 0) is 9.53 Å². The lowest BCUT2D eigenvalue weighted by Gasteiger charge is -2.36. The Kier molecular flexibility index (Phi) is 6.19. The van der Waals surface area contributed by atoms with Gasteiger partial charge in [-0.1, -0.05) is 17.7 Å². The zero-order chi connectivity index (χ0) is 19.2. The summed E-state index contributed by atoms with van der Waals surface area (Å²) in [7, 11) is 1.37. The summed E-state index contributed by atoms with van der Waals surface area (Å²) in [6.45, 7) is 2.59. The highest BCUT2D eigenvalue weighted by molar-refractivity contribution is 6.30. The number of carbonyl (C=O) groups is 2. The third-order valence-electron chi connectivity index (χ3n) is 4.44. The zero-order valence-corrected chi connectivity index (χ0v) is 15.8. The summed E-state index contributed by atoms with van der Waals surface area (Å²) in [5, 5.41) is 0.626. The molecule has 0 bridgehead atoms. The van der Waals surface area contributed by atoms with Gasteiger partial charge in [-0.15, -0.1) is 0 Å². The fraction of sp³-hybridized carbons (Fsp3) is 0.300. The molecule has 1 aliphatic rings. The molecule has 3 rings (SSSR count). The summed E-state index contributed by atoms with van der Waals surface area (Å²) in [4.78, 5) is 28.0. The molecule has 0 aromatic heterocycles. The van der Waals surface area contributed by atoms with Gasteiger partial charge in [-0.05, 0) is 42.5 Å². The van der Waals surface area contributed by atoms with E-state index >= 15 is 0 Å². The Hall–Kier alpha value is -2.73. The van der Waals surface area contributed by atoms with E-state index in [1.54, 1.807) is 35.2 Å². The molecule has 0 radical (unpaired) electrons. The average Bonchev–Trinajstić information content (AvgIpc) is 2.72. The minimum atomic E-state index is -0.356. The molecule has 0 aliphatic carbocycles. The smallest absolute Gasteiger partial charge is 0.337 e. The van der Waals surface area contributed by atoms with E-state index in [-0.39, 0.29) is 18.5 Å². The van der Waals surface area contributed by atoms with Crippen LogP contribution in [0.2, 0.25) is 5.02 Å². The summed E-state index contributed by atoms with van der Waals surface area (Å²) in [6.07, 6.45) is 0. The molecule has 0 unspecified atom stereocenters. The van der Waals surface area contributed by atoms with Gasteiger partial charge in [0.1, 0.15) is 5.75 Å². The quantitative estimate of drug-likeness (QED) is 0.737. The molecule has 2 aromatic rings. The van der Waals surface area contributed by atoms with Crippen LogP contribution in [0.3, 0.4) is 0 Å². The Balaban J connectivity index is 1.51. The largest absolute Gasteiger partial charge is 0.484 e. The second-order valence-electron chi connectivity index (χ2n) is 6.15. The first kappa shape index (κ1) is 19.0. The number of hydrogen-bond donors (Lipinski definition) is 0. The van der Waals surface area contributed by atoms with E-state index in [9.17, 15) is 9.59 Å². The molecule has 142 valence electrons. The van der Waals surface area contributed by atoms with E-state index in [2.05, 4.69) is 4.90 Å². The number of methoxy groups -OCH3 is 1. The van der Waals surface area contributed by atoms with Gasteiger partial charge >= 0.3 is 5.97 Å². The van der Waals surface area contributed by atoms with Gasteiger partial charge in [-0.3, -0.25) is 4.79 Å². The number of rotatable bonds is 5. The van der Waals surface area contributed by atoms with Gasteiger partial charge in [0.25, 0.3) is 5.91 Å². The fourth-order valence-electron chi connectivity index (χ4n) is 2.93. The molecular weight excluding hydrogens is 368 g/mol. The first-order valence-corrected chi connectivity index (χ1v) is 9.04. The van der Waals surface area contributed by atoms with Crippen molar-refractivity contribution in [3.63, 3.8) is 0 Å². The van der Waals surface area contributed by atoms with Crippen molar-refractivity contribution in [3.05, 3.63) is 59.1 Å². The molecule has 1 heterocycles. The van der Waals surface area contributed by atoms with Crippen molar-refractivity contribution in [1.29, 1.82) is 0 Å². The number of esters is 1. The zero-order valence-electron chi connectivity index (χ0n) is 15.1. The summed E-state index contributed by atoms with van der Waals surface area (Å²) < 4.78 is 10.3. The predicted molar refractivity (Wildman–Crippen MR) is 104 cm³/mol. The monoisotopic (exact) mass is 388 g/mol. The molecular formula is C20H21ClN2O4. The van der Waals surface area contributed by atoms with E-state index in [1.165, 1.54) is 7.11 Å². The topological polar surface area (TPSA) is 59.1 Å². The summed E-state index contributed by atoms with van der Waals surface area (Å²) in [5.41, 5.74) is 1.47. The summed E-state index contributed by atoms with van der Waals surface area (Å²) in [6, 6.07) is 14.2. The van der Waals surface area contributed by atoms with E-state index in [1.807, 2.05) is 18.2 Å². The first-order chi connectivity index (χ1) is 13.1. The number of ether oxygens (including phenoxy) is 2. The molecule has 7 heteroatoms. The van der Waals surface area contributed by atoms with Crippen molar-refractivity contribution in [1.82, 2.24) is 4.90 Å². The van der Waals surface area contributed by atoms with Crippen LogP contribution < -0.4 is 9.64 Å². The molecule has 0 N–H and O–H groups in total. The number of nitrogens with zero attached hydrogens (tertiary/aromatic N) is 2. The molecule has 1 amide bonds. The molecule has 0 spiro atoms. The lowest BCUT2D eigenvalue weighted by Crippen LogP contribution is -2.50. The number of amides is 1. The van der Waals surface area contributed by atoms with Crippen LogP contribution >= 0.6 is 11.6 Å². The molecule has 1 saturated heterocycles. The molecule has 27 heavy (non-hydrogen) atoms. The Labute approximate surface area is 163 Å². The Morgan fingerprint density at radius 1 is 1.04 bits per heavy atom. The minimum absolute atomic E-state index is 0.000538. The number of carbonyl (C=O) groups excluding carboxylic acids is 2. The van der Waals surface area contributed by atoms with Crippen LogP contribution in [0.25, 0.3) is 0 Å². The van der Waals surface area contributed by atoms with E-state index in [4.69, 9.17) is 21.1 Å². The Morgan fingerprint density at radius 2 is 1.74 bits per heavy atom. The van der Waals surface area contributed by atoms with Crippen molar-refractivity contribution in [2.45, 2.75) is 0 Å². The van der Waals surface area contributed by atoms with Gasteiger partial charge in [0.05, 0.1) is 12.7 Å². The highest BCUT2D eigenvalue weighted by Crippen LogP contribution is 2.19. The third kappa shape index (κ3) is 4.92. The van der Waals surface area contributed by atoms with Gasteiger partial charge in [0, 0.05) is 36.9 Å². The maximum Gasteiger partial charge on any atom is 0.337 e. The third-order valence-corrected chi connectivity index (χ3v) is 4.69. The number of benzene rings is 2. The van der Waals surface area contributed by atoms with Gasteiger partial charge in [0.15, 0.2) is 6.61 Å². The normalized spacial score (nSPS) is 14.0. The van der Waals surface area contributed by atoms with Gasteiger partial charge in [-0.2, -0.15) is 0 Å². The van der Waals surface area contributed by atoms with E-state index < -0.39 is 0 Å². The van der Waals surface area contributed by atoms with Gasteiger partial charge in [-0.25, -0.2) is 4.79 Å². The van der Waals surface area contributed by atoms with Crippen molar-refractivity contribution in [2.75, 3.05) is 44.8 Å². The van der Waals surface area contributed by atoms with Gasteiger partial charge < -0.3 is 19.3 Å². The maximum absolute atomic E-state index is 12.4. The van der Waals surface area contributed by atoms with E-state index in [0.29, 0.717) is 42.5 Å². The van der Waals surface area contributed by atoms with Crippen LogP contribution in [0.1, 0.15) is 10.4 Å². The van der Waals surface area contributed by atoms with Crippen LogP contribution in [0.15, 0.2) is 48.5 Å². The Bertz CT molecular complexity index is 802. The number of anilines is 1. The fourth-order valence-corrected chi connectivity index (χ4v) is 3.05. The minimum Gasteiger partial charge on any atom is -0.484 e. The molecule has 0 atom stereocenters. The highest BCUT2D eigenvalue weighted by atomic mass is 35.5. The Morgan fingerprint density at radius 3 is 2.41 bits per heavy atom. The van der Waals surface area contributed by atoms with Crippen molar-refractivity contribution in [3.8, 4) is 5.75 Å². The second-order valence-corrected chi connectivity index (χ2v) is 6.59. The standard InChI is InChI=1S/C20H21ClN2O4/c1-26-20(25)15-3-2-4-17(13-15)22-9-11-23(12-10-22)19(24)14-27-18-7-5-16(21)6-8-18/h2-8,13H,9-12,14H2,1H3. The maximum atomic E-state index is 12.4. The number of hydrogen-bond acceptors (Lipinski definition) is 5. The van der Waals surface area contributed by atoms with Crippen molar-refractivity contribution >= 4 is 29.2 Å². The lowest BCUT2D eigenvalue weighted by molar-refractivity contribution is -0.133. The van der Waals surface area contributed by atoms with Crippen LogP contribution in [0.4, 0.5) is 5.69 Å². The molecule has 6 nitrogen and oxygen atoms in total. The first-order valence-electron chi connectivity index (χ1n) is 8.66. The number of piperazine rings is 1. The highest BCUT2D eigenvalue weighted by Gasteiger charge is 2.22. The van der Waals surface area contributed by atoms with Crippen LogP contribution in [0, 0.1) is 0 Å². The van der Waals surface area contributed by atoms with Crippen molar-refractivity contribution in [2.24, 2.45) is 0 Å². The van der Waals surface area contributed by atoms with Gasteiger partial charge in [0.2, 0.25) is 0 Å². The molecule has 1 fully saturated rings. The SMILES string of the molecule is COC(=O)c1cccc(N2CCN(C(=O)COc3ccc(Cl)cc3)CC2)c1. The summed E-state index contributed by atoms with van der Waals surface area (Å²) >= 11 is 5.83. The number of halogens is 1. The average molecular weight is 389 g/mol. The van der Waals surface area contributed by atoms with Crippen molar-refractivity contribution < 1.29 is 19.1 Å².